The van der Waals surface area contributed by atoms with Gasteiger partial charge in [-0.1, -0.05) is 6.92 Å². The van der Waals surface area contributed by atoms with E-state index in [1.165, 1.54) is 0 Å². The molecule has 1 rings (SSSR count). The fraction of sp³-hybridized carbons (Fsp3) is 0.462. The Balaban J connectivity index is 2.60. The maximum absolute atomic E-state index is 12.0. The first-order chi connectivity index (χ1) is 8.04. The summed E-state index contributed by atoms with van der Waals surface area (Å²) in [7, 11) is 3.41. The van der Waals surface area contributed by atoms with Crippen molar-refractivity contribution in [2.75, 3.05) is 31.4 Å². The lowest BCUT2D eigenvalue weighted by Gasteiger charge is -2.19. The Labute approximate surface area is 102 Å². The number of hydrogen-bond donors (Lipinski definition) is 1. The normalized spacial score (nSPS) is 12.2. The Kier molecular flexibility index (Phi) is 4.97. The van der Waals surface area contributed by atoms with Crippen molar-refractivity contribution >= 4 is 17.3 Å². The molecule has 0 saturated heterocycles. The highest BCUT2D eigenvalue weighted by Gasteiger charge is 2.14. The van der Waals surface area contributed by atoms with Crippen LogP contribution in [0.3, 0.4) is 0 Å². The summed E-state index contributed by atoms with van der Waals surface area (Å²) in [5.41, 5.74) is 7.16. The van der Waals surface area contributed by atoms with Crippen molar-refractivity contribution in [3.63, 3.8) is 0 Å². The number of amides is 1. The summed E-state index contributed by atoms with van der Waals surface area (Å²) >= 11 is 0. The molecule has 17 heavy (non-hydrogen) atoms. The van der Waals surface area contributed by atoms with Crippen LogP contribution < -0.4 is 10.6 Å². The van der Waals surface area contributed by atoms with Crippen LogP contribution >= 0.6 is 0 Å². The third-order valence-corrected chi connectivity index (χ3v) is 2.63. The van der Waals surface area contributed by atoms with Crippen molar-refractivity contribution in [1.29, 1.82) is 0 Å². The molecule has 0 bridgehead atoms. The van der Waals surface area contributed by atoms with Crippen LogP contribution in [-0.4, -0.2) is 26.7 Å². The number of nitrogen functional groups attached to an aromatic ring is 1. The molecule has 0 aliphatic heterocycles. The molecule has 1 amide bonds. The van der Waals surface area contributed by atoms with E-state index in [9.17, 15) is 4.79 Å². The molecule has 1 aromatic rings. The monoisotopic (exact) mass is 236 g/mol. The van der Waals surface area contributed by atoms with Crippen LogP contribution in [0.15, 0.2) is 24.3 Å². The SMILES string of the molecule is COCC(C)CC(=O)N(C)c1ccc(N)cc1. The first-order valence-electron chi connectivity index (χ1n) is 5.65. The maximum atomic E-state index is 12.0. The minimum Gasteiger partial charge on any atom is -0.399 e. The lowest BCUT2D eigenvalue weighted by molar-refractivity contribution is -0.119. The van der Waals surface area contributed by atoms with Crippen LogP contribution in [0.1, 0.15) is 13.3 Å². The van der Waals surface area contributed by atoms with Gasteiger partial charge in [-0.2, -0.15) is 0 Å². The smallest absolute Gasteiger partial charge is 0.227 e. The number of methoxy groups -OCH3 is 1. The molecule has 1 unspecified atom stereocenters. The standard InChI is InChI=1S/C13H20N2O2/c1-10(9-17-3)8-13(16)15(2)12-6-4-11(14)5-7-12/h4-7,10H,8-9,14H2,1-3H3. The van der Waals surface area contributed by atoms with Crippen LogP contribution in [-0.2, 0) is 9.53 Å². The molecule has 94 valence electrons. The minimum atomic E-state index is 0.0827. The Bertz CT molecular complexity index is 362. The molecule has 0 spiro atoms. The van der Waals surface area contributed by atoms with E-state index in [-0.39, 0.29) is 11.8 Å². The Morgan fingerprint density at radius 2 is 2.00 bits per heavy atom. The van der Waals surface area contributed by atoms with Crippen molar-refractivity contribution in [3.8, 4) is 0 Å². The zero-order chi connectivity index (χ0) is 12.8. The lowest BCUT2D eigenvalue weighted by Crippen LogP contribution is -2.28. The quantitative estimate of drug-likeness (QED) is 0.794. The predicted octanol–water partition coefficient (Wildman–Crippen LogP) is 1.90. The topological polar surface area (TPSA) is 55.6 Å². The number of nitrogens with zero attached hydrogens (tertiary/aromatic N) is 1. The minimum absolute atomic E-state index is 0.0827. The molecule has 4 heteroatoms. The number of benzene rings is 1. The first kappa shape index (κ1) is 13.5. The largest absolute Gasteiger partial charge is 0.399 e. The van der Waals surface area contributed by atoms with Gasteiger partial charge in [0.05, 0.1) is 0 Å². The molecule has 1 aromatic carbocycles. The highest BCUT2D eigenvalue weighted by atomic mass is 16.5. The second-order valence-electron chi connectivity index (χ2n) is 4.31. The Hall–Kier alpha value is -1.55. The third kappa shape index (κ3) is 4.07. The summed E-state index contributed by atoms with van der Waals surface area (Å²) in [5, 5.41) is 0. The molecule has 0 heterocycles. The lowest BCUT2D eigenvalue weighted by atomic mass is 10.1. The zero-order valence-corrected chi connectivity index (χ0v) is 10.6. The number of rotatable bonds is 5. The van der Waals surface area contributed by atoms with Gasteiger partial charge in [0.1, 0.15) is 0 Å². The van der Waals surface area contributed by atoms with Crippen LogP contribution in [0.2, 0.25) is 0 Å². The van der Waals surface area contributed by atoms with E-state index < -0.39 is 0 Å². The van der Waals surface area contributed by atoms with E-state index in [1.807, 2.05) is 19.1 Å². The zero-order valence-electron chi connectivity index (χ0n) is 10.6. The molecule has 0 aromatic heterocycles. The number of nitrogens with two attached hydrogens (primary N) is 1. The molecule has 0 radical (unpaired) electrons. The van der Waals surface area contributed by atoms with Crippen LogP contribution in [0.4, 0.5) is 11.4 Å². The predicted molar refractivity (Wildman–Crippen MR) is 69.9 cm³/mol. The number of carbonyl (C=O) groups is 1. The van der Waals surface area contributed by atoms with Gasteiger partial charge in [-0.25, -0.2) is 0 Å². The molecule has 2 N–H and O–H groups in total. The van der Waals surface area contributed by atoms with E-state index in [4.69, 9.17) is 10.5 Å². The van der Waals surface area contributed by atoms with Crippen molar-refractivity contribution in [2.45, 2.75) is 13.3 Å². The molecule has 1 atom stereocenters. The van der Waals surface area contributed by atoms with Gasteiger partial charge in [-0.3, -0.25) is 4.79 Å². The molecular formula is C13H20N2O2. The van der Waals surface area contributed by atoms with E-state index in [0.717, 1.165) is 5.69 Å². The fourth-order valence-electron chi connectivity index (χ4n) is 1.62. The summed E-state index contributed by atoms with van der Waals surface area (Å²) in [4.78, 5) is 13.6. The second-order valence-corrected chi connectivity index (χ2v) is 4.31. The molecule has 0 aliphatic carbocycles. The van der Waals surface area contributed by atoms with Gasteiger partial charge in [0.25, 0.3) is 0 Å². The van der Waals surface area contributed by atoms with Gasteiger partial charge in [0.2, 0.25) is 5.91 Å². The van der Waals surface area contributed by atoms with Crippen molar-refractivity contribution in [1.82, 2.24) is 0 Å². The molecule has 4 nitrogen and oxygen atoms in total. The van der Waals surface area contributed by atoms with Crippen LogP contribution in [0.5, 0.6) is 0 Å². The summed E-state index contributed by atoms with van der Waals surface area (Å²) < 4.78 is 5.02. The number of hydrogen-bond acceptors (Lipinski definition) is 3. The van der Waals surface area contributed by atoms with E-state index in [1.54, 1.807) is 31.2 Å². The highest BCUT2D eigenvalue weighted by Crippen LogP contribution is 2.17. The second kappa shape index (κ2) is 6.25. The highest BCUT2D eigenvalue weighted by molar-refractivity contribution is 5.93. The van der Waals surface area contributed by atoms with E-state index in [2.05, 4.69) is 0 Å². The molecule has 0 fully saturated rings. The first-order valence-corrected chi connectivity index (χ1v) is 5.65. The van der Waals surface area contributed by atoms with Gasteiger partial charge in [0.15, 0.2) is 0 Å². The van der Waals surface area contributed by atoms with Gasteiger partial charge in [0, 0.05) is 38.6 Å². The third-order valence-electron chi connectivity index (χ3n) is 2.63. The number of carbonyl (C=O) groups excluding carboxylic acids is 1. The van der Waals surface area contributed by atoms with Crippen LogP contribution in [0.25, 0.3) is 0 Å². The summed E-state index contributed by atoms with van der Waals surface area (Å²) in [5.74, 6) is 0.308. The van der Waals surface area contributed by atoms with E-state index >= 15 is 0 Å². The van der Waals surface area contributed by atoms with Gasteiger partial charge >= 0.3 is 0 Å². The summed E-state index contributed by atoms with van der Waals surface area (Å²) in [6.07, 6.45) is 0.481. The van der Waals surface area contributed by atoms with Gasteiger partial charge < -0.3 is 15.4 Å². The molecule has 0 saturated carbocycles. The van der Waals surface area contributed by atoms with Crippen molar-refractivity contribution in [3.05, 3.63) is 24.3 Å². The van der Waals surface area contributed by atoms with Crippen LogP contribution in [0, 0.1) is 5.92 Å². The summed E-state index contributed by atoms with van der Waals surface area (Å²) in [6, 6.07) is 7.26. The molecule has 0 aliphatic rings. The van der Waals surface area contributed by atoms with Gasteiger partial charge in [-0.15, -0.1) is 0 Å². The average Bonchev–Trinajstić information content (AvgIpc) is 2.29. The fourth-order valence-corrected chi connectivity index (χ4v) is 1.62. The molecular weight excluding hydrogens is 216 g/mol. The van der Waals surface area contributed by atoms with Crippen molar-refractivity contribution < 1.29 is 9.53 Å². The number of anilines is 2. The van der Waals surface area contributed by atoms with E-state index in [0.29, 0.717) is 18.7 Å². The van der Waals surface area contributed by atoms with Crippen molar-refractivity contribution in [2.24, 2.45) is 5.92 Å². The Morgan fingerprint density at radius 3 is 2.53 bits per heavy atom. The maximum Gasteiger partial charge on any atom is 0.227 e. The average molecular weight is 236 g/mol. The summed E-state index contributed by atoms with van der Waals surface area (Å²) in [6.45, 7) is 2.60. The Morgan fingerprint density at radius 1 is 1.41 bits per heavy atom. The number of ether oxygens (including phenoxy) is 1. The van der Waals surface area contributed by atoms with Gasteiger partial charge in [-0.05, 0) is 30.2 Å².